The van der Waals surface area contributed by atoms with Crippen LogP contribution in [-0.2, 0) is 17.5 Å². The molecule has 0 aliphatic rings. The Kier molecular flexibility index (Phi) is 4.61. The molecule has 2 aromatic heterocycles. The second-order valence-corrected chi connectivity index (χ2v) is 6.75. The highest BCUT2D eigenvalue weighted by Gasteiger charge is 2.31. The van der Waals surface area contributed by atoms with Gasteiger partial charge in [0, 0.05) is 12.4 Å². The topological polar surface area (TPSA) is 55.6 Å². The van der Waals surface area contributed by atoms with Crippen LogP contribution in [0.4, 0.5) is 18.0 Å². The van der Waals surface area contributed by atoms with E-state index < -0.39 is 23.4 Å². The molecule has 0 saturated carbocycles. The molecule has 0 fully saturated rings. The van der Waals surface area contributed by atoms with Gasteiger partial charge in [-0.3, -0.25) is 0 Å². The highest BCUT2D eigenvalue weighted by molar-refractivity contribution is 9.10. The number of carbonyl (C=O) groups excluding carboxylic acids is 1. The molecule has 1 N–H and O–H groups in total. The van der Waals surface area contributed by atoms with E-state index in [2.05, 4.69) is 26.2 Å². The Morgan fingerprint density at radius 3 is 2.57 bits per heavy atom. The van der Waals surface area contributed by atoms with Gasteiger partial charge in [0.25, 0.3) is 0 Å². The van der Waals surface area contributed by atoms with Gasteiger partial charge in [-0.2, -0.15) is 13.2 Å². The molecular formula is C14H15BrF3N3O2. The van der Waals surface area contributed by atoms with E-state index in [1.165, 1.54) is 10.6 Å². The van der Waals surface area contributed by atoms with Gasteiger partial charge in [-0.25, -0.2) is 9.78 Å². The summed E-state index contributed by atoms with van der Waals surface area (Å²) < 4.78 is 44.9. The van der Waals surface area contributed by atoms with Crippen molar-refractivity contribution in [1.82, 2.24) is 14.7 Å². The first-order chi connectivity index (χ1) is 10.5. The van der Waals surface area contributed by atoms with E-state index in [1.807, 2.05) is 0 Å². The Balaban J connectivity index is 2.18. The van der Waals surface area contributed by atoms with Gasteiger partial charge in [0.1, 0.15) is 5.60 Å². The maximum atomic E-state index is 12.8. The van der Waals surface area contributed by atoms with Gasteiger partial charge in [-0.15, -0.1) is 0 Å². The first-order valence-electron chi connectivity index (χ1n) is 6.67. The van der Waals surface area contributed by atoms with Crippen molar-refractivity contribution in [3.8, 4) is 0 Å². The van der Waals surface area contributed by atoms with Gasteiger partial charge in [-0.05, 0) is 42.8 Å². The van der Waals surface area contributed by atoms with Crippen molar-refractivity contribution >= 4 is 27.7 Å². The molecule has 23 heavy (non-hydrogen) atoms. The Labute approximate surface area is 139 Å². The van der Waals surface area contributed by atoms with Gasteiger partial charge in [0.15, 0.2) is 5.65 Å². The molecule has 5 nitrogen and oxygen atoms in total. The van der Waals surface area contributed by atoms with Crippen LogP contribution in [0, 0.1) is 0 Å². The fourth-order valence-corrected chi connectivity index (χ4v) is 2.36. The van der Waals surface area contributed by atoms with E-state index >= 15 is 0 Å². The molecule has 0 aliphatic carbocycles. The maximum Gasteiger partial charge on any atom is 0.417 e. The number of amides is 1. The number of hydrogen-bond donors (Lipinski definition) is 1. The lowest BCUT2D eigenvalue weighted by Gasteiger charge is -2.19. The minimum Gasteiger partial charge on any atom is -0.444 e. The number of imidazole rings is 1. The standard InChI is InChI=1S/C14H15BrF3N3O2/c1-13(2,3)23-12(22)19-5-9-7-21-6-8(14(16,17)18)4-10(15)11(21)20-9/h4,6-7H,5H2,1-3H3,(H,19,22). The average molecular weight is 394 g/mol. The molecule has 2 rings (SSSR count). The average Bonchev–Trinajstić information content (AvgIpc) is 2.77. The summed E-state index contributed by atoms with van der Waals surface area (Å²) in [6.07, 6.45) is -2.70. The third-order valence-electron chi connectivity index (χ3n) is 2.70. The molecule has 0 bridgehead atoms. The monoisotopic (exact) mass is 393 g/mol. The Bertz CT molecular complexity index is 735. The predicted molar refractivity (Wildman–Crippen MR) is 81.0 cm³/mol. The van der Waals surface area contributed by atoms with Crippen LogP contribution in [0.15, 0.2) is 22.9 Å². The number of carbonyl (C=O) groups is 1. The molecule has 9 heteroatoms. The molecule has 0 atom stereocenters. The highest BCUT2D eigenvalue weighted by Crippen LogP contribution is 2.32. The molecule has 0 spiro atoms. The van der Waals surface area contributed by atoms with Crippen molar-refractivity contribution in [3.63, 3.8) is 0 Å². The van der Waals surface area contributed by atoms with E-state index in [9.17, 15) is 18.0 Å². The second kappa shape index (κ2) is 6.03. The third-order valence-corrected chi connectivity index (χ3v) is 3.28. The summed E-state index contributed by atoms with van der Waals surface area (Å²) >= 11 is 3.08. The Morgan fingerprint density at radius 2 is 2.00 bits per heavy atom. The van der Waals surface area contributed by atoms with E-state index in [0.29, 0.717) is 11.3 Å². The fraction of sp³-hybridized carbons (Fsp3) is 0.429. The van der Waals surface area contributed by atoms with E-state index in [1.54, 1.807) is 20.8 Å². The zero-order valence-electron chi connectivity index (χ0n) is 12.7. The molecular weight excluding hydrogens is 379 g/mol. The summed E-state index contributed by atoms with van der Waals surface area (Å²) in [5.41, 5.74) is -0.677. The van der Waals surface area contributed by atoms with E-state index in [0.717, 1.165) is 12.3 Å². The lowest BCUT2D eigenvalue weighted by molar-refractivity contribution is -0.137. The van der Waals surface area contributed by atoms with Gasteiger partial charge in [-0.1, -0.05) is 0 Å². The summed E-state index contributed by atoms with van der Waals surface area (Å²) in [5.74, 6) is 0. The number of aromatic nitrogens is 2. The van der Waals surface area contributed by atoms with Crippen LogP contribution in [0.5, 0.6) is 0 Å². The van der Waals surface area contributed by atoms with Gasteiger partial charge < -0.3 is 14.5 Å². The van der Waals surface area contributed by atoms with Gasteiger partial charge >= 0.3 is 12.3 Å². The van der Waals surface area contributed by atoms with E-state index in [4.69, 9.17) is 4.74 Å². The van der Waals surface area contributed by atoms with Crippen LogP contribution < -0.4 is 5.32 Å². The summed E-state index contributed by atoms with van der Waals surface area (Å²) in [6, 6.07) is 0.966. The number of nitrogens with zero attached hydrogens (tertiary/aromatic N) is 2. The highest BCUT2D eigenvalue weighted by atomic mass is 79.9. The zero-order chi connectivity index (χ0) is 17.4. The minimum atomic E-state index is -4.45. The first-order valence-corrected chi connectivity index (χ1v) is 7.46. The summed E-state index contributed by atoms with van der Waals surface area (Å²) in [7, 11) is 0. The van der Waals surface area contributed by atoms with Gasteiger partial charge in [0.2, 0.25) is 0 Å². The van der Waals surface area contributed by atoms with Crippen LogP contribution in [0.1, 0.15) is 32.0 Å². The van der Waals surface area contributed by atoms with E-state index in [-0.39, 0.29) is 11.0 Å². The molecule has 0 saturated heterocycles. The number of alkyl carbamates (subject to hydrolysis) is 1. The number of alkyl halides is 3. The number of pyridine rings is 1. The lowest BCUT2D eigenvalue weighted by atomic mass is 10.2. The normalized spacial score (nSPS) is 12.5. The lowest BCUT2D eigenvalue weighted by Crippen LogP contribution is -2.32. The summed E-state index contributed by atoms with van der Waals surface area (Å²) in [6.45, 7) is 5.23. The van der Waals surface area contributed by atoms with Crippen LogP contribution in [0.3, 0.4) is 0 Å². The number of nitrogens with one attached hydrogen (secondary N) is 1. The molecule has 0 unspecified atom stereocenters. The van der Waals surface area contributed by atoms with Crippen LogP contribution in [-0.4, -0.2) is 21.1 Å². The van der Waals surface area contributed by atoms with Crippen molar-refractivity contribution < 1.29 is 22.7 Å². The smallest absolute Gasteiger partial charge is 0.417 e. The molecule has 2 aromatic rings. The minimum absolute atomic E-state index is 0.0460. The number of hydrogen-bond acceptors (Lipinski definition) is 3. The van der Waals surface area contributed by atoms with Crippen molar-refractivity contribution in [2.75, 3.05) is 0 Å². The number of ether oxygens (including phenoxy) is 1. The fourth-order valence-electron chi connectivity index (χ4n) is 1.82. The Hall–Kier alpha value is -1.77. The predicted octanol–water partition coefficient (Wildman–Crippen LogP) is 4.14. The van der Waals surface area contributed by atoms with Crippen LogP contribution >= 0.6 is 15.9 Å². The number of fused-ring (bicyclic) bond motifs is 1. The second-order valence-electron chi connectivity index (χ2n) is 5.89. The van der Waals surface area contributed by atoms with Crippen molar-refractivity contribution in [2.24, 2.45) is 0 Å². The van der Waals surface area contributed by atoms with Gasteiger partial charge in [0.05, 0.1) is 22.3 Å². The largest absolute Gasteiger partial charge is 0.444 e. The molecule has 2 heterocycles. The van der Waals surface area contributed by atoms with Crippen LogP contribution in [0.25, 0.3) is 5.65 Å². The molecule has 1 amide bonds. The zero-order valence-corrected chi connectivity index (χ0v) is 14.2. The first kappa shape index (κ1) is 17.6. The molecule has 0 radical (unpaired) electrons. The molecule has 0 aromatic carbocycles. The van der Waals surface area contributed by atoms with Crippen molar-refractivity contribution in [3.05, 3.63) is 34.2 Å². The van der Waals surface area contributed by atoms with Crippen molar-refractivity contribution in [2.45, 2.75) is 39.1 Å². The van der Waals surface area contributed by atoms with Crippen LogP contribution in [0.2, 0.25) is 0 Å². The third kappa shape index (κ3) is 4.60. The quantitative estimate of drug-likeness (QED) is 0.833. The summed E-state index contributed by atoms with van der Waals surface area (Å²) in [5, 5.41) is 2.51. The summed E-state index contributed by atoms with van der Waals surface area (Å²) in [4.78, 5) is 15.8. The van der Waals surface area contributed by atoms with Crippen molar-refractivity contribution in [1.29, 1.82) is 0 Å². The number of rotatable bonds is 2. The molecule has 0 aliphatic heterocycles. The maximum absolute atomic E-state index is 12.8. The SMILES string of the molecule is CC(C)(C)OC(=O)NCc1cn2cc(C(F)(F)F)cc(Br)c2n1. The Morgan fingerprint density at radius 1 is 1.35 bits per heavy atom. The molecule has 126 valence electrons. The number of halogens is 4.